The third kappa shape index (κ3) is 3.91. The third-order valence-electron chi connectivity index (χ3n) is 4.43. The van der Waals surface area contributed by atoms with Crippen LogP contribution in [0.4, 0.5) is 14.5 Å². The Labute approximate surface area is 165 Å². The topological polar surface area (TPSA) is 55.1 Å². The van der Waals surface area contributed by atoms with Gasteiger partial charge in [0.2, 0.25) is 5.89 Å². The number of halogens is 2. The number of aryl methyl sites for hydroxylation is 1. The highest BCUT2D eigenvalue weighted by Crippen LogP contribution is 2.26. The first-order valence-electron chi connectivity index (χ1n) is 8.89. The molecule has 4 aromatic rings. The third-order valence-corrected chi connectivity index (χ3v) is 4.43. The van der Waals surface area contributed by atoms with Gasteiger partial charge in [-0.25, -0.2) is 13.8 Å². The molecule has 0 saturated heterocycles. The summed E-state index contributed by atoms with van der Waals surface area (Å²) in [6.45, 7) is 2.01. The fraction of sp³-hybridized carbons (Fsp3) is 0.0435. The summed E-state index contributed by atoms with van der Waals surface area (Å²) in [5.74, 6) is -2.25. The van der Waals surface area contributed by atoms with Crippen LogP contribution >= 0.6 is 0 Å². The molecule has 0 spiro atoms. The minimum absolute atomic E-state index is 0.395. The number of nitrogens with zero attached hydrogens (tertiary/aromatic N) is 1. The average molecular weight is 390 g/mol. The number of anilines is 1. The molecule has 0 aliphatic rings. The smallest absolute Gasteiger partial charge is 0.261 e. The Kier molecular flexibility index (Phi) is 4.91. The molecule has 1 N–H and O–H groups in total. The van der Waals surface area contributed by atoms with E-state index in [1.807, 2.05) is 31.2 Å². The van der Waals surface area contributed by atoms with Gasteiger partial charge in [-0.1, -0.05) is 35.9 Å². The number of carbonyl (C=O) groups excluding carboxylic acids is 1. The Balaban J connectivity index is 1.51. The molecule has 0 radical (unpaired) electrons. The zero-order valence-corrected chi connectivity index (χ0v) is 15.4. The molecule has 0 atom stereocenters. The summed E-state index contributed by atoms with van der Waals surface area (Å²) in [7, 11) is 0. The fourth-order valence-electron chi connectivity index (χ4n) is 2.87. The molecule has 1 aromatic heterocycles. The van der Waals surface area contributed by atoms with Crippen LogP contribution in [0, 0.1) is 18.6 Å². The Morgan fingerprint density at radius 1 is 0.897 bits per heavy atom. The molecule has 0 saturated carbocycles. The van der Waals surface area contributed by atoms with Crippen LogP contribution in [0.1, 0.15) is 15.9 Å². The summed E-state index contributed by atoms with van der Waals surface area (Å²) in [5, 5.41) is 2.48. The summed E-state index contributed by atoms with van der Waals surface area (Å²) in [4.78, 5) is 16.7. The van der Waals surface area contributed by atoms with Crippen LogP contribution in [0.2, 0.25) is 0 Å². The fourth-order valence-corrected chi connectivity index (χ4v) is 2.87. The predicted molar refractivity (Wildman–Crippen MR) is 106 cm³/mol. The predicted octanol–water partition coefficient (Wildman–Crippen LogP) is 5.85. The van der Waals surface area contributed by atoms with E-state index in [1.165, 1.54) is 6.07 Å². The second-order valence-electron chi connectivity index (χ2n) is 6.53. The van der Waals surface area contributed by atoms with Gasteiger partial charge in [0.1, 0.15) is 29.2 Å². The molecule has 0 unspecified atom stereocenters. The van der Waals surface area contributed by atoms with Crippen molar-refractivity contribution in [2.75, 3.05) is 5.32 Å². The van der Waals surface area contributed by atoms with Gasteiger partial charge in [-0.15, -0.1) is 0 Å². The molecule has 0 fully saturated rings. The Hall–Kier alpha value is -3.80. The van der Waals surface area contributed by atoms with Gasteiger partial charge < -0.3 is 9.73 Å². The van der Waals surface area contributed by atoms with Crippen LogP contribution in [-0.2, 0) is 0 Å². The number of hydrogen-bond donors (Lipinski definition) is 1. The molecular weight excluding hydrogens is 374 g/mol. The lowest BCUT2D eigenvalue weighted by molar-refractivity contribution is 0.101. The van der Waals surface area contributed by atoms with Crippen molar-refractivity contribution in [1.29, 1.82) is 0 Å². The average Bonchev–Trinajstić information content (AvgIpc) is 3.19. The first-order valence-corrected chi connectivity index (χ1v) is 8.89. The van der Waals surface area contributed by atoms with Crippen LogP contribution in [-0.4, -0.2) is 10.9 Å². The number of rotatable bonds is 4. The van der Waals surface area contributed by atoms with Crippen molar-refractivity contribution in [3.63, 3.8) is 0 Å². The van der Waals surface area contributed by atoms with Crippen molar-refractivity contribution >= 4 is 11.6 Å². The molecule has 144 valence electrons. The monoisotopic (exact) mass is 390 g/mol. The zero-order chi connectivity index (χ0) is 20.4. The van der Waals surface area contributed by atoms with Gasteiger partial charge in [-0.05, 0) is 43.3 Å². The van der Waals surface area contributed by atoms with Gasteiger partial charge in [0, 0.05) is 16.8 Å². The molecule has 4 rings (SSSR count). The maximum Gasteiger partial charge on any atom is 0.261 e. The highest BCUT2D eigenvalue weighted by Gasteiger charge is 2.17. The zero-order valence-electron chi connectivity index (χ0n) is 15.4. The van der Waals surface area contributed by atoms with Crippen molar-refractivity contribution in [3.8, 4) is 22.7 Å². The second-order valence-corrected chi connectivity index (χ2v) is 6.53. The lowest BCUT2D eigenvalue weighted by Crippen LogP contribution is -2.15. The maximum atomic E-state index is 13.7. The van der Waals surface area contributed by atoms with Crippen LogP contribution < -0.4 is 5.32 Å². The standard InChI is InChI=1S/C23H16F2N2O2/c1-14-5-7-15(8-6-14)20-13-29-23(27-20)16-9-11-17(12-10-16)26-22(28)21-18(24)3-2-4-19(21)25/h2-13H,1H3,(H,26,28). The summed E-state index contributed by atoms with van der Waals surface area (Å²) >= 11 is 0. The van der Waals surface area contributed by atoms with Crippen LogP contribution in [0.25, 0.3) is 22.7 Å². The van der Waals surface area contributed by atoms with Crippen molar-refractivity contribution in [3.05, 3.63) is 95.8 Å². The van der Waals surface area contributed by atoms with Crippen molar-refractivity contribution in [2.45, 2.75) is 6.92 Å². The van der Waals surface area contributed by atoms with E-state index >= 15 is 0 Å². The molecule has 0 aliphatic carbocycles. The molecule has 29 heavy (non-hydrogen) atoms. The molecule has 0 aliphatic heterocycles. The Morgan fingerprint density at radius 3 is 2.17 bits per heavy atom. The van der Waals surface area contributed by atoms with Crippen molar-refractivity contribution in [1.82, 2.24) is 4.98 Å². The SMILES string of the molecule is Cc1ccc(-c2coc(-c3ccc(NC(=O)c4c(F)cccc4F)cc3)n2)cc1. The Morgan fingerprint density at radius 2 is 1.52 bits per heavy atom. The largest absolute Gasteiger partial charge is 0.444 e. The van der Waals surface area contributed by atoms with E-state index in [2.05, 4.69) is 10.3 Å². The van der Waals surface area contributed by atoms with Crippen LogP contribution in [0.3, 0.4) is 0 Å². The lowest BCUT2D eigenvalue weighted by atomic mass is 10.1. The molecule has 6 heteroatoms. The van der Waals surface area contributed by atoms with Gasteiger partial charge in [0.15, 0.2) is 0 Å². The van der Waals surface area contributed by atoms with E-state index in [4.69, 9.17) is 4.42 Å². The quantitative estimate of drug-likeness (QED) is 0.476. The molecule has 1 amide bonds. The van der Waals surface area contributed by atoms with Crippen molar-refractivity contribution in [2.24, 2.45) is 0 Å². The van der Waals surface area contributed by atoms with Crippen molar-refractivity contribution < 1.29 is 18.0 Å². The molecule has 4 nitrogen and oxygen atoms in total. The van der Waals surface area contributed by atoms with Crippen LogP contribution in [0.15, 0.2) is 77.4 Å². The van der Waals surface area contributed by atoms with E-state index in [1.54, 1.807) is 30.5 Å². The van der Waals surface area contributed by atoms with Crippen LogP contribution in [0.5, 0.6) is 0 Å². The maximum absolute atomic E-state index is 13.7. The molecule has 0 bridgehead atoms. The number of benzene rings is 3. The summed E-state index contributed by atoms with van der Waals surface area (Å²) in [6.07, 6.45) is 1.58. The van der Waals surface area contributed by atoms with Gasteiger partial charge in [-0.3, -0.25) is 4.79 Å². The van der Waals surface area contributed by atoms with E-state index in [0.29, 0.717) is 22.8 Å². The van der Waals surface area contributed by atoms with Gasteiger partial charge in [0.05, 0.1) is 0 Å². The minimum Gasteiger partial charge on any atom is -0.444 e. The van der Waals surface area contributed by atoms with E-state index in [0.717, 1.165) is 23.3 Å². The normalized spacial score (nSPS) is 10.7. The summed E-state index contributed by atoms with van der Waals surface area (Å²) in [6, 6.07) is 17.9. The van der Waals surface area contributed by atoms with E-state index in [9.17, 15) is 13.6 Å². The first-order chi connectivity index (χ1) is 14.0. The summed E-state index contributed by atoms with van der Waals surface area (Å²) < 4.78 is 33.0. The lowest BCUT2D eigenvalue weighted by Gasteiger charge is -2.07. The first kappa shape index (κ1) is 18.6. The molecule has 1 heterocycles. The minimum atomic E-state index is -0.914. The number of oxazole rings is 1. The van der Waals surface area contributed by atoms with E-state index in [-0.39, 0.29) is 0 Å². The molecule has 3 aromatic carbocycles. The Bertz CT molecular complexity index is 1150. The number of hydrogen-bond acceptors (Lipinski definition) is 3. The molecular formula is C23H16F2N2O2. The number of carbonyl (C=O) groups is 1. The summed E-state index contributed by atoms with van der Waals surface area (Å²) in [5.41, 5.74) is 3.30. The van der Waals surface area contributed by atoms with E-state index < -0.39 is 23.1 Å². The number of amides is 1. The number of aromatic nitrogens is 1. The van der Waals surface area contributed by atoms with Gasteiger partial charge in [0.25, 0.3) is 5.91 Å². The van der Waals surface area contributed by atoms with Gasteiger partial charge in [-0.2, -0.15) is 0 Å². The highest BCUT2D eigenvalue weighted by atomic mass is 19.1. The van der Waals surface area contributed by atoms with Gasteiger partial charge >= 0.3 is 0 Å². The highest BCUT2D eigenvalue weighted by molar-refractivity contribution is 6.04. The number of nitrogens with one attached hydrogen (secondary N) is 1. The second kappa shape index (κ2) is 7.67.